The molecule has 0 aliphatic carbocycles. The van der Waals surface area contributed by atoms with E-state index in [2.05, 4.69) is 72.8 Å². The van der Waals surface area contributed by atoms with Crippen LogP contribution in [-0.2, 0) is 0 Å². The molecule has 0 spiro atoms. The van der Waals surface area contributed by atoms with Crippen molar-refractivity contribution in [3.05, 3.63) is 72.8 Å². The molecule has 3 aromatic heterocycles. The van der Waals surface area contributed by atoms with E-state index in [1.807, 2.05) is 34.0 Å². The number of hydrogen-bond donors (Lipinski definition) is 0. The van der Waals surface area contributed by atoms with Gasteiger partial charge >= 0.3 is 0 Å². The van der Waals surface area contributed by atoms with E-state index in [1.165, 1.54) is 39.7 Å². The molecule has 5 rings (SSSR count). The maximum absolute atomic E-state index is 2.36. The fourth-order valence-corrected chi connectivity index (χ4v) is 6.92. The first-order valence-electron chi connectivity index (χ1n) is 7.45. The fraction of sp³-hybridized carbons (Fsp3) is 0. The number of thiophene rings is 3. The zero-order valence-electron chi connectivity index (χ0n) is 12.2. The maximum atomic E-state index is 2.36. The van der Waals surface area contributed by atoms with Crippen molar-refractivity contribution >= 4 is 52.8 Å². The molecular formula is C20H12S3. The van der Waals surface area contributed by atoms with E-state index >= 15 is 0 Å². The third kappa shape index (κ3) is 2.24. The summed E-state index contributed by atoms with van der Waals surface area (Å²) in [5.74, 6) is 0. The predicted molar refractivity (Wildman–Crippen MR) is 106 cm³/mol. The summed E-state index contributed by atoms with van der Waals surface area (Å²) in [5, 5.41) is 2.82. The van der Waals surface area contributed by atoms with E-state index in [0.29, 0.717) is 0 Å². The van der Waals surface area contributed by atoms with Gasteiger partial charge < -0.3 is 0 Å². The summed E-state index contributed by atoms with van der Waals surface area (Å²) >= 11 is 5.74. The van der Waals surface area contributed by atoms with Crippen LogP contribution in [0.5, 0.6) is 0 Å². The van der Waals surface area contributed by atoms with Crippen molar-refractivity contribution in [2.45, 2.75) is 0 Å². The number of rotatable bonds is 2. The van der Waals surface area contributed by atoms with Crippen LogP contribution in [0.2, 0.25) is 0 Å². The standard InChI is InChI=1S/C20H12S3/c1-3-7-13(8-4-1)17-11-15-16-12-18(14-9-5-2-6-10-14)22-20(16)23-19(15)21-17/h1-12H. The summed E-state index contributed by atoms with van der Waals surface area (Å²) in [6.07, 6.45) is 0. The van der Waals surface area contributed by atoms with Gasteiger partial charge in [0.2, 0.25) is 0 Å². The highest BCUT2D eigenvalue weighted by Crippen LogP contribution is 2.47. The van der Waals surface area contributed by atoms with Crippen molar-refractivity contribution in [2.24, 2.45) is 0 Å². The monoisotopic (exact) mass is 348 g/mol. The van der Waals surface area contributed by atoms with Crippen molar-refractivity contribution < 1.29 is 0 Å². The fourth-order valence-electron chi connectivity index (χ4n) is 2.85. The lowest BCUT2D eigenvalue weighted by Gasteiger charge is -1.94. The van der Waals surface area contributed by atoms with Crippen LogP contribution in [-0.4, -0.2) is 0 Å². The quantitative estimate of drug-likeness (QED) is 0.309. The average Bonchev–Trinajstić information content (AvgIpc) is 3.26. The molecule has 0 N–H and O–H groups in total. The van der Waals surface area contributed by atoms with E-state index in [9.17, 15) is 0 Å². The normalized spacial score (nSPS) is 11.5. The molecule has 0 amide bonds. The molecule has 3 heterocycles. The summed E-state index contributed by atoms with van der Waals surface area (Å²) < 4.78 is 2.87. The Morgan fingerprint density at radius 3 is 1.35 bits per heavy atom. The Kier molecular flexibility index (Phi) is 3.11. The van der Waals surface area contributed by atoms with Crippen molar-refractivity contribution in [3.8, 4) is 20.9 Å². The molecular weight excluding hydrogens is 336 g/mol. The first-order chi connectivity index (χ1) is 11.4. The molecule has 0 fully saturated rings. The van der Waals surface area contributed by atoms with Crippen LogP contribution >= 0.6 is 34.0 Å². The van der Waals surface area contributed by atoms with Crippen molar-refractivity contribution in [3.63, 3.8) is 0 Å². The van der Waals surface area contributed by atoms with Crippen molar-refractivity contribution in [1.29, 1.82) is 0 Å². The Labute approximate surface area is 146 Å². The summed E-state index contributed by atoms with van der Waals surface area (Å²) in [5.41, 5.74) is 2.63. The minimum Gasteiger partial charge on any atom is -0.124 e. The lowest BCUT2D eigenvalue weighted by atomic mass is 10.1. The van der Waals surface area contributed by atoms with Gasteiger partial charge in [-0.05, 0) is 23.3 Å². The van der Waals surface area contributed by atoms with Crippen molar-refractivity contribution in [1.82, 2.24) is 0 Å². The topological polar surface area (TPSA) is 0 Å². The molecule has 0 unspecified atom stereocenters. The van der Waals surface area contributed by atoms with E-state index in [0.717, 1.165) is 0 Å². The first-order valence-corrected chi connectivity index (χ1v) is 9.90. The summed E-state index contributed by atoms with van der Waals surface area (Å²) in [4.78, 5) is 2.72. The Balaban J connectivity index is 1.68. The van der Waals surface area contributed by atoms with Gasteiger partial charge in [0.05, 0.1) is 8.03 Å². The minimum atomic E-state index is 1.31. The second-order valence-corrected chi connectivity index (χ2v) is 9.10. The Morgan fingerprint density at radius 2 is 0.913 bits per heavy atom. The molecule has 0 atom stereocenters. The van der Waals surface area contributed by atoms with Crippen LogP contribution < -0.4 is 0 Å². The molecule has 0 bridgehead atoms. The molecule has 23 heavy (non-hydrogen) atoms. The molecule has 0 saturated carbocycles. The lowest BCUT2D eigenvalue weighted by Crippen LogP contribution is -1.68. The number of fused-ring (bicyclic) bond motifs is 3. The predicted octanol–water partition coefficient (Wildman–Crippen LogP) is 7.51. The van der Waals surface area contributed by atoms with Gasteiger partial charge in [0.1, 0.15) is 0 Å². The summed E-state index contributed by atoms with van der Waals surface area (Å²) in [6.45, 7) is 0. The van der Waals surface area contributed by atoms with Gasteiger partial charge in [-0.15, -0.1) is 34.0 Å². The van der Waals surface area contributed by atoms with E-state index < -0.39 is 0 Å². The van der Waals surface area contributed by atoms with Gasteiger partial charge in [0.15, 0.2) is 0 Å². The van der Waals surface area contributed by atoms with Crippen LogP contribution in [0.4, 0.5) is 0 Å². The third-order valence-electron chi connectivity index (χ3n) is 3.99. The minimum absolute atomic E-state index is 1.31. The second kappa shape index (κ2) is 5.31. The highest BCUT2D eigenvalue weighted by atomic mass is 32.2. The Morgan fingerprint density at radius 1 is 0.478 bits per heavy atom. The molecule has 5 aromatic rings. The molecule has 0 saturated heterocycles. The van der Waals surface area contributed by atoms with Crippen LogP contribution in [0.1, 0.15) is 0 Å². The highest BCUT2D eigenvalue weighted by Gasteiger charge is 2.14. The Bertz CT molecular complexity index is 1010. The van der Waals surface area contributed by atoms with Crippen LogP contribution in [0.15, 0.2) is 72.8 Å². The molecule has 0 nitrogen and oxygen atoms in total. The van der Waals surface area contributed by atoms with E-state index in [1.54, 1.807) is 0 Å². The highest BCUT2D eigenvalue weighted by molar-refractivity contribution is 7.50. The van der Waals surface area contributed by atoms with Gasteiger partial charge in [0, 0.05) is 20.5 Å². The molecule has 0 aliphatic heterocycles. The second-order valence-electron chi connectivity index (χ2n) is 5.46. The van der Waals surface area contributed by atoms with Crippen LogP contribution in [0.25, 0.3) is 39.7 Å². The van der Waals surface area contributed by atoms with Gasteiger partial charge in [-0.3, -0.25) is 0 Å². The van der Waals surface area contributed by atoms with Crippen LogP contribution in [0.3, 0.4) is 0 Å². The number of hydrogen-bond acceptors (Lipinski definition) is 3. The molecule has 3 heteroatoms. The first kappa shape index (κ1) is 13.5. The molecule has 2 aromatic carbocycles. The average molecular weight is 349 g/mol. The van der Waals surface area contributed by atoms with Gasteiger partial charge in [-0.1, -0.05) is 60.7 Å². The SMILES string of the molecule is c1ccc(-c2cc3c(s2)sc2sc(-c4ccccc4)cc23)cc1. The smallest absolute Gasteiger partial charge is 0.0892 e. The zero-order valence-corrected chi connectivity index (χ0v) is 14.6. The third-order valence-corrected chi connectivity index (χ3v) is 7.76. The largest absolute Gasteiger partial charge is 0.124 e. The summed E-state index contributed by atoms with van der Waals surface area (Å²) in [6, 6.07) is 26.0. The van der Waals surface area contributed by atoms with Crippen LogP contribution in [0, 0.1) is 0 Å². The van der Waals surface area contributed by atoms with E-state index in [-0.39, 0.29) is 0 Å². The van der Waals surface area contributed by atoms with Gasteiger partial charge in [-0.2, -0.15) is 0 Å². The van der Waals surface area contributed by atoms with Crippen molar-refractivity contribution in [2.75, 3.05) is 0 Å². The molecule has 0 aliphatic rings. The number of benzene rings is 2. The van der Waals surface area contributed by atoms with E-state index in [4.69, 9.17) is 0 Å². The Hall–Kier alpha value is -1.94. The van der Waals surface area contributed by atoms with Gasteiger partial charge in [-0.25, -0.2) is 0 Å². The molecule has 110 valence electrons. The summed E-state index contributed by atoms with van der Waals surface area (Å²) in [7, 11) is 0. The lowest BCUT2D eigenvalue weighted by molar-refractivity contribution is 1.70. The molecule has 0 radical (unpaired) electrons. The zero-order chi connectivity index (χ0) is 15.2. The maximum Gasteiger partial charge on any atom is 0.0892 e. The van der Waals surface area contributed by atoms with Gasteiger partial charge in [0.25, 0.3) is 0 Å².